The van der Waals surface area contributed by atoms with Crippen molar-refractivity contribution in [3.63, 3.8) is 0 Å². The topological polar surface area (TPSA) is 98.3 Å². The highest BCUT2D eigenvalue weighted by molar-refractivity contribution is 6.30. The Labute approximate surface area is 123 Å². The third kappa shape index (κ3) is 3.26. The van der Waals surface area contributed by atoms with Gasteiger partial charge in [0.2, 0.25) is 0 Å². The maximum absolute atomic E-state index is 13.3. The maximum atomic E-state index is 13.3. The molecule has 21 heavy (non-hydrogen) atoms. The van der Waals surface area contributed by atoms with Crippen molar-refractivity contribution in [2.75, 3.05) is 11.1 Å². The van der Waals surface area contributed by atoms with Crippen molar-refractivity contribution in [1.82, 2.24) is 0 Å². The molecule has 0 unspecified atom stereocenters. The van der Waals surface area contributed by atoms with Crippen LogP contribution in [-0.4, -0.2) is 10.8 Å². The van der Waals surface area contributed by atoms with Gasteiger partial charge in [0, 0.05) is 17.3 Å². The van der Waals surface area contributed by atoms with E-state index in [2.05, 4.69) is 5.32 Å². The quantitative estimate of drug-likeness (QED) is 0.516. The number of hydrogen-bond donors (Lipinski definition) is 2. The molecular weight excluding hydrogens is 301 g/mol. The van der Waals surface area contributed by atoms with Crippen LogP contribution in [0.1, 0.15) is 10.4 Å². The Morgan fingerprint density at radius 2 is 2.00 bits per heavy atom. The summed E-state index contributed by atoms with van der Waals surface area (Å²) in [6.07, 6.45) is 0. The first-order chi connectivity index (χ1) is 9.88. The number of amides is 1. The van der Waals surface area contributed by atoms with E-state index in [9.17, 15) is 19.3 Å². The fourth-order valence-electron chi connectivity index (χ4n) is 1.62. The lowest BCUT2D eigenvalue weighted by Gasteiger charge is -2.06. The minimum atomic E-state index is -0.686. The number of nitrogens with zero attached hydrogens (tertiary/aromatic N) is 1. The van der Waals surface area contributed by atoms with Gasteiger partial charge in [0.05, 0.1) is 9.95 Å². The third-order valence-corrected chi connectivity index (χ3v) is 2.97. The molecule has 0 aliphatic rings. The average molecular weight is 310 g/mol. The van der Waals surface area contributed by atoms with Crippen LogP contribution in [0.2, 0.25) is 5.02 Å². The van der Waals surface area contributed by atoms with Crippen molar-refractivity contribution in [1.29, 1.82) is 0 Å². The molecule has 0 aromatic heterocycles. The van der Waals surface area contributed by atoms with Gasteiger partial charge in [-0.05, 0) is 30.3 Å². The van der Waals surface area contributed by atoms with Gasteiger partial charge in [0.1, 0.15) is 11.5 Å². The van der Waals surface area contributed by atoms with Crippen molar-refractivity contribution in [3.05, 3.63) is 62.9 Å². The first kappa shape index (κ1) is 14.7. The number of benzene rings is 2. The van der Waals surface area contributed by atoms with E-state index < -0.39 is 16.6 Å². The summed E-state index contributed by atoms with van der Waals surface area (Å²) in [6, 6.07) is 7.40. The molecule has 108 valence electrons. The van der Waals surface area contributed by atoms with Gasteiger partial charge >= 0.3 is 0 Å². The van der Waals surface area contributed by atoms with Gasteiger partial charge in [-0.3, -0.25) is 14.9 Å². The van der Waals surface area contributed by atoms with Crippen LogP contribution < -0.4 is 11.1 Å². The number of carbonyl (C=O) groups excluding carboxylic acids is 1. The summed E-state index contributed by atoms with van der Waals surface area (Å²) in [6.45, 7) is 0. The van der Waals surface area contributed by atoms with Crippen molar-refractivity contribution in [2.45, 2.75) is 0 Å². The minimum Gasteiger partial charge on any atom is -0.393 e. The largest absolute Gasteiger partial charge is 0.393 e. The number of carbonyl (C=O) groups is 1. The maximum Gasteiger partial charge on any atom is 0.292 e. The SMILES string of the molecule is Nc1ccc(C(=O)Nc2ccc(Cl)c(F)c2)cc1[N+](=O)[O-]. The van der Waals surface area contributed by atoms with Crippen LogP contribution in [0.15, 0.2) is 36.4 Å². The Balaban J connectivity index is 2.26. The minimum absolute atomic E-state index is 0.0336. The molecule has 2 aromatic rings. The number of nitrogens with one attached hydrogen (secondary N) is 1. The number of nitro benzene ring substituents is 1. The van der Waals surface area contributed by atoms with Crippen LogP contribution >= 0.6 is 11.6 Å². The van der Waals surface area contributed by atoms with E-state index in [0.717, 1.165) is 12.1 Å². The van der Waals surface area contributed by atoms with Gasteiger partial charge in [0.15, 0.2) is 0 Å². The van der Waals surface area contributed by atoms with Crippen LogP contribution in [0, 0.1) is 15.9 Å². The summed E-state index contributed by atoms with van der Waals surface area (Å²) in [5.74, 6) is -1.31. The second kappa shape index (κ2) is 5.76. The molecule has 0 saturated carbocycles. The zero-order valence-corrected chi connectivity index (χ0v) is 11.2. The molecule has 0 spiro atoms. The van der Waals surface area contributed by atoms with Gasteiger partial charge < -0.3 is 11.1 Å². The molecule has 0 saturated heterocycles. The fourth-order valence-corrected chi connectivity index (χ4v) is 1.74. The summed E-state index contributed by atoms with van der Waals surface area (Å²) in [4.78, 5) is 22.0. The number of nitrogens with two attached hydrogens (primary N) is 1. The first-order valence-electron chi connectivity index (χ1n) is 5.69. The number of hydrogen-bond acceptors (Lipinski definition) is 4. The standard InChI is InChI=1S/C13H9ClFN3O3/c14-9-3-2-8(6-10(9)15)17-13(19)7-1-4-11(16)12(5-7)18(20)21/h1-6H,16H2,(H,17,19). The Bertz CT molecular complexity index is 737. The second-order valence-electron chi connectivity index (χ2n) is 4.11. The van der Waals surface area contributed by atoms with Crippen molar-refractivity contribution < 1.29 is 14.1 Å². The zero-order chi connectivity index (χ0) is 15.6. The van der Waals surface area contributed by atoms with Crippen molar-refractivity contribution in [2.24, 2.45) is 0 Å². The average Bonchev–Trinajstić information content (AvgIpc) is 2.43. The van der Waals surface area contributed by atoms with Gasteiger partial charge in [0.25, 0.3) is 11.6 Å². The highest BCUT2D eigenvalue weighted by Crippen LogP contribution is 2.23. The van der Waals surface area contributed by atoms with Crippen LogP contribution in [-0.2, 0) is 0 Å². The molecule has 2 rings (SSSR count). The second-order valence-corrected chi connectivity index (χ2v) is 4.52. The summed E-state index contributed by atoms with van der Waals surface area (Å²) in [5.41, 5.74) is 5.24. The molecule has 0 atom stereocenters. The van der Waals surface area contributed by atoms with E-state index in [4.69, 9.17) is 17.3 Å². The predicted octanol–water partition coefficient (Wildman–Crippen LogP) is 3.22. The lowest BCUT2D eigenvalue weighted by Crippen LogP contribution is -2.12. The van der Waals surface area contributed by atoms with Crippen LogP contribution in [0.3, 0.4) is 0 Å². The van der Waals surface area contributed by atoms with E-state index in [0.29, 0.717) is 0 Å². The number of anilines is 2. The molecule has 0 aliphatic heterocycles. The van der Waals surface area contributed by atoms with Gasteiger partial charge in [-0.2, -0.15) is 0 Å². The molecule has 0 aliphatic carbocycles. The summed E-state index contributed by atoms with van der Waals surface area (Å²) in [5, 5.41) is 13.1. The number of nitrogen functional groups attached to an aromatic ring is 1. The molecular formula is C13H9ClFN3O3. The van der Waals surface area contributed by atoms with E-state index in [1.165, 1.54) is 24.3 Å². The normalized spacial score (nSPS) is 10.2. The predicted molar refractivity (Wildman–Crippen MR) is 76.9 cm³/mol. The Morgan fingerprint density at radius 1 is 1.29 bits per heavy atom. The van der Waals surface area contributed by atoms with Crippen molar-refractivity contribution >= 4 is 34.6 Å². The Kier molecular flexibility index (Phi) is 4.04. The number of rotatable bonds is 3. The molecule has 2 aromatic carbocycles. The summed E-state index contributed by atoms with van der Waals surface area (Å²) in [7, 11) is 0. The monoisotopic (exact) mass is 309 g/mol. The number of nitro groups is 1. The molecule has 0 radical (unpaired) electrons. The van der Waals surface area contributed by atoms with Crippen molar-refractivity contribution in [3.8, 4) is 0 Å². The molecule has 8 heteroatoms. The van der Waals surface area contributed by atoms with E-state index in [-0.39, 0.29) is 27.6 Å². The highest BCUT2D eigenvalue weighted by atomic mass is 35.5. The Morgan fingerprint density at radius 3 is 2.62 bits per heavy atom. The van der Waals surface area contributed by atoms with E-state index in [1.54, 1.807) is 0 Å². The molecule has 6 nitrogen and oxygen atoms in total. The Hall–Kier alpha value is -2.67. The van der Waals surface area contributed by atoms with Gasteiger partial charge in [-0.15, -0.1) is 0 Å². The van der Waals surface area contributed by atoms with Crippen LogP contribution in [0.25, 0.3) is 0 Å². The van der Waals surface area contributed by atoms with E-state index >= 15 is 0 Å². The summed E-state index contributed by atoms with van der Waals surface area (Å²) >= 11 is 5.53. The van der Waals surface area contributed by atoms with Gasteiger partial charge in [-0.25, -0.2) is 4.39 Å². The molecule has 1 amide bonds. The molecule has 0 bridgehead atoms. The molecule has 0 heterocycles. The lowest BCUT2D eigenvalue weighted by atomic mass is 10.1. The van der Waals surface area contributed by atoms with Crippen LogP contribution in [0.5, 0.6) is 0 Å². The highest BCUT2D eigenvalue weighted by Gasteiger charge is 2.16. The smallest absolute Gasteiger partial charge is 0.292 e. The first-order valence-corrected chi connectivity index (χ1v) is 6.06. The zero-order valence-electron chi connectivity index (χ0n) is 10.5. The fraction of sp³-hybridized carbons (Fsp3) is 0. The van der Waals surface area contributed by atoms with Crippen LogP contribution in [0.4, 0.5) is 21.5 Å². The van der Waals surface area contributed by atoms with E-state index in [1.807, 2.05) is 0 Å². The third-order valence-electron chi connectivity index (χ3n) is 2.67. The summed E-state index contributed by atoms with van der Waals surface area (Å²) < 4.78 is 13.3. The lowest BCUT2D eigenvalue weighted by molar-refractivity contribution is -0.383. The number of halogens is 2. The van der Waals surface area contributed by atoms with Gasteiger partial charge in [-0.1, -0.05) is 11.6 Å². The molecule has 0 fully saturated rings. The molecule has 3 N–H and O–H groups in total.